The van der Waals surface area contributed by atoms with E-state index in [1.165, 1.54) is 16.7 Å². The SMILES string of the molecule is CCc1ccc(-n2c(=O)/c(=C/c3ccccc3)s/c2=C(\C#N)S(=O)(=O)c2ccc(C)cc2)cc1. The minimum atomic E-state index is -4.15. The van der Waals surface area contributed by atoms with Crippen LogP contribution in [0.4, 0.5) is 0 Å². The Morgan fingerprint density at radius 1 is 1.00 bits per heavy atom. The van der Waals surface area contributed by atoms with Crippen LogP contribution >= 0.6 is 11.3 Å². The van der Waals surface area contributed by atoms with Crippen molar-refractivity contribution in [3.05, 3.63) is 115 Å². The van der Waals surface area contributed by atoms with Crippen LogP contribution in [0.2, 0.25) is 0 Å². The quantitative estimate of drug-likeness (QED) is 0.431. The highest BCUT2D eigenvalue weighted by Gasteiger charge is 2.25. The smallest absolute Gasteiger partial charge is 0.267 e. The molecule has 0 aliphatic carbocycles. The van der Waals surface area contributed by atoms with Gasteiger partial charge in [0.25, 0.3) is 5.56 Å². The lowest BCUT2D eigenvalue weighted by molar-refractivity contribution is 0.606. The van der Waals surface area contributed by atoms with E-state index in [-0.39, 0.29) is 15.1 Å². The van der Waals surface area contributed by atoms with Crippen molar-refractivity contribution in [3.63, 3.8) is 0 Å². The zero-order valence-corrected chi connectivity index (χ0v) is 20.4. The van der Waals surface area contributed by atoms with Gasteiger partial charge in [-0.3, -0.25) is 9.36 Å². The van der Waals surface area contributed by atoms with Gasteiger partial charge in [0, 0.05) is 0 Å². The lowest BCUT2D eigenvalue weighted by atomic mass is 10.1. The fraction of sp³-hybridized carbons (Fsp3) is 0.111. The Bertz CT molecular complexity index is 1660. The summed E-state index contributed by atoms with van der Waals surface area (Å²) in [6, 6.07) is 24.8. The van der Waals surface area contributed by atoms with Crippen molar-refractivity contribution in [1.82, 2.24) is 4.57 Å². The van der Waals surface area contributed by atoms with Crippen LogP contribution in [0.5, 0.6) is 0 Å². The maximum absolute atomic E-state index is 13.5. The van der Waals surface area contributed by atoms with Crippen molar-refractivity contribution in [2.24, 2.45) is 0 Å². The minimum Gasteiger partial charge on any atom is -0.267 e. The van der Waals surface area contributed by atoms with E-state index in [4.69, 9.17) is 0 Å². The van der Waals surface area contributed by atoms with Crippen LogP contribution in [0, 0.1) is 18.3 Å². The number of rotatable bonds is 5. The Kier molecular flexibility index (Phi) is 6.64. The van der Waals surface area contributed by atoms with Gasteiger partial charge in [0.1, 0.15) is 10.7 Å². The normalized spacial score (nSPS) is 12.9. The predicted octanol–water partition coefficient (Wildman–Crippen LogP) is 3.70. The first-order valence-corrected chi connectivity index (χ1v) is 13.0. The van der Waals surface area contributed by atoms with Crippen LogP contribution < -0.4 is 14.8 Å². The van der Waals surface area contributed by atoms with Crippen molar-refractivity contribution in [3.8, 4) is 11.8 Å². The fourth-order valence-corrected chi connectivity index (χ4v) is 6.13. The molecule has 0 amide bonds. The Labute approximate surface area is 202 Å². The van der Waals surface area contributed by atoms with Gasteiger partial charge < -0.3 is 0 Å². The molecule has 0 aliphatic rings. The number of thiazole rings is 1. The molecular weight excluding hydrogens is 464 g/mol. The summed E-state index contributed by atoms with van der Waals surface area (Å²) < 4.78 is 28.7. The maximum atomic E-state index is 13.5. The molecule has 0 N–H and O–H groups in total. The second-order valence-electron chi connectivity index (χ2n) is 7.74. The van der Waals surface area contributed by atoms with Crippen LogP contribution in [0.1, 0.15) is 23.6 Å². The van der Waals surface area contributed by atoms with Crippen molar-refractivity contribution in [1.29, 1.82) is 5.26 Å². The third-order valence-electron chi connectivity index (χ3n) is 5.42. The number of benzene rings is 3. The summed E-state index contributed by atoms with van der Waals surface area (Å²) in [5, 5.41) is 9.99. The molecule has 0 fully saturated rings. The summed E-state index contributed by atoms with van der Waals surface area (Å²) in [4.78, 5) is 13.1. The summed E-state index contributed by atoms with van der Waals surface area (Å²) in [5.41, 5.74) is 2.93. The van der Waals surface area contributed by atoms with Crippen molar-refractivity contribution in [2.45, 2.75) is 25.2 Å². The molecule has 0 spiro atoms. The number of nitriles is 1. The van der Waals surface area contributed by atoms with E-state index in [9.17, 15) is 18.5 Å². The number of nitrogens with zero attached hydrogens (tertiary/aromatic N) is 2. The van der Waals surface area contributed by atoms with E-state index in [0.717, 1.165) is 34.4 Å². The third kappa shape index (κ3) is 4.51. The lowest BCUT2D eigenvalue weighted by Gasteiger charge is -2.06. The number of hydrogen-bond donors (Lipinski definition) is 0. The van der Waals surface area contributed by atoms with E-state index >= 15 is 0 Å². The zero-order valence-electron chi connectivity index (χ0n) is 18.7. The second-order valence-corrected chi connectivity index (χ2v) is 10.7. The Morgan fingerprint density at radius 3 is 2.24 bits per heavy atom. The topological polar surface area (TPSA) is 79.9 Å². The highest BCUT2D eigenvalue weighted by molar-refractivity contribution is 8.00. The molecule has 170 valence electrons. The second kappa shape index (κ2) is 9.64. The van der Waals surface area contributed by atoms with Gasteiger partial charge in [0.05, 0.1) is 15.1 Å². The highest BCUT2D eigenvalue weighted by atomic mass is 32.2. The average Bonchev–Trinajstić information content (AvgIpc) is 3.15. The highest BCUT2D eigenvalue weighted by Crippen LogP contribution is 2.20. The van der Waals surface area contributed by atoms with Crippen molar-refractivity contribution >= 4 is 32.2 Å². The molecule has 0 saturated carbocycles. The maximum Gasteiger partial charge on any atom is 0.273 e. The average molecular weight is 487 g/mol. The van der Waals surface area contributed by atoms with Crippen LogP contribution in [0.3, 0.4) is 0 Å². The van der Waals surface area contributed by atoms with Crippen LogP contribution in [-0.4, -0.2) is 13.0 Å². The van der Waals surface area contributed by atoms with Gasteiger partial charge in [-0.05, 0) is 54.8 Å². The number of hydrogen-bond acceptors (Lipinski definition) is 5. The van der Waals surface area contributed by atoms with Gasteiger partial charge in [-0.15, -0.1) is 11.3 Å². The summed E-state index contributed by atoms with van der Waals surface area (Å²) in [7, 11) is -4.15. The summed E-state index contributed by atoms with van der Waals surface area (Å²) in [5.74, 6) is 0. The number of aryl methyl sites for hydroxylation is 2. The van der Waals surface area contributed by atoms with Gasteiger partial charge in [0.15, 0.2) is 4.91 Å². The molecule has 3 aromatic carbocycles. The van der Waals surface area contributed by atoms with Crippen molar-refractivity contribution in [2.75, 3.05) is 0 Å². The van der Waals surface area contributed by atoms with Gasteiger partial charge in [-0.25, -0.2) is 8.42 Å². The van der Waals surface area contributed by atoms with Gasteiger partial charge in [0.2, 0.25) is 9.84 Å². The Balaban J connectivity index is 2.09. The Hall–Kier alpha value is -3.73. The van der Waals surface area contributed by atoms with E-state index in [1.807, 2.05) is 62.4 Å². The van der Waals surface area contributed by atoms with E-state index < -0.39 is 14.7 Å². The number of sulfone groups is 1. The van der Waals surface area contributed by atoms with Gasteiger partial charge in [-0.1, -0.05) is 67.1 Å². The molecule has 0 unspecified atom stereocenters. The predicted molar refractivity (Wildman–Crippen MR) is 136 cm³/mol. The van der Waals surface area contributed by atoms with E-state index in [2.05, 4.69) is 0 Å². The van der Waals surface area contributed by atoms with Crippen LogP contribution in [0.25, 0.3) is 16.7 Å². The molecule has 4 aromatic rings. The van der Waals surface area contributed by atoms with E-state index in [0.29, 0.717) is 10.2 Å². The minimum absolute atomic E-state index is 0.0111. The first-order valence-electron chi connectivity index (χ1n) is 10.7. The first kappa shape index (κ1) is 23.4. The van der Waals surface area contributed by atoms with Crippen LogP contribution in [-0.2, 0) is 16.3 Å². The standard InChI is InChI=1S/C27H22N2O3S2/c1-3-20-11-13-22(14-12-20)29-26(30)24(17-21-7-5-4-6-8-21)33-27(29)25(18-28)34(31,32)23-15-9-19(2)10-16-23/h4-17H,3H2,1-2H3/b24-17-,27-25+. The lowest BCUT2D eigenvalue weighted by Crippen LogP contribution is -2.31. The molecule has 1 heterocycles. The molecule has 0 radical (unpaired) electrons. The molecule has 34 heavy (non-hydrogen) atoms. The Morgan fingerprint density at radius 2 is 1.65 bits per heavy atom. The molecule has 7 heteroatoms. The van der Waals surface area contributed by atoms with Gasteiger partial charge in [-0.2, -0.15) is 5.26 Å². The molecule has 0 atom stereocenters. The van der Waals surface area contributed by atoms with Crippen molar-refractivity contribution < 1.29 is 8.42 Å². The third-order valence-corrected chi connectivity index (χ3v) is 8.36. The molecule has 0 aliphatic heterocycles. The molecule has 1 aromatic heterocycles. The number of aromatic nitrogens is 1. The largest absolute Gasteiger partial charge is 0.273 e. The molecule has 0 bridgehead atoms. The molecular formula is C27H22N2O3S2. The molecule has 5 nitrogen and oxygen atoms in total. The summed E-state index contributed by atoms with van der Waals surface area (Å²) >= 11 is 0.999. The zero-order chi connectivity index (χ0) is 24.3. The molecule has 0 saturated heterocycles. The monoisotopic (exact) mass is 486 g/mol. The summed E-state index contributed by atoms with van der Waals surface area (Å²) in [6.45, 7) is 3.88. The van der Waals surface area contributed by atoms with Crippen LogP contribution in [0.15, 0.2) is 88.6 Å². The summed E-state index contributed by atoms with van der Waals surface area (Å²) in [6.07, 6.45) is 2.54. The first-order chi connectivity index (χ1) is 16.3. The fourth-order valence-electron chi connectivity index (χ4n) is 3.51. The van der Waals surface area contributed by atoms with Gasteiger partial charge >= 0.3 is 0 Å². The van der Waals surface area contributed by atoms with E-state index in [1.54, 1.807) is 30.3 Å². The molecule has 4 rings (SSSR count).